The van der Waals surface area contributed by atoms with Gasteiger partial charge in [-0.1, -0.05) is 27.2 Å². The minimum absolute atomic E-state index is 0.0576. The van der Waals surface area contributed by atoms with E-state index >= 15 is 0 Å². The van der Waals surface area contributed by atoms with E-state index in [4.69, 9.17) is 4.98 Å². The number of fused-ring (bicyclic) bond motifs is 3. The Morgan fingerprint density at radius 1 is 1.19 bits per heavy atom. The highest BCUT2D eigenvalue weighted by atomic mass is 16.1. The van der Waals surface area contributed by atoms with Crippen molar-refractivity contribution in [3.05, 3.63) is 34.9 Å². The summed E-state index contributed by atoms with van der Waals surface area (Å²) in [4.78, 5) is 22.4. The number of pyridine rings is 1. The largest absolute Gasteiger partial charge is 0.313 e. The number of aromatic amines is 1. The lowest BCUT2D eigenvalue weighted by molar-refractivity contribution is 0.102. The third-order valence-electron chi connectivity index (χ3n) is 5.06. The van der Waals surface area contributed by atoms with Crippen molar-refractivity contribution >= 4 is 22.9 Å². The van der Waals surface area contributed by atoms with Crippen LogP contribution in [0.2, 0.25) is 0 Å². The van der Waals surface area contributed by atoms with Crippen molar-refractivity contribution in [2.75, 3.05) is 5.32 Å². The highest BCUT2D eigenvalue weighted by Crippen LogP contribution is 2.25. The molecule has 7 nitrogen and oxygen atoms in total. The molecule has 4 heterocycles. The Balaban J connectivity index is 1.70. The van der Waals surface area contributed by atoms with Gasteiger partial charge in [0, 0.05) is 35.8 Å². The molecule has 1 aliphatic heterocycles. The average molecular weight is 366 g/mol. The number of nitrogens with zero attached hydrogens (tertiary/aromatic N) is 4. The monoisotopic (exact) mass is 366 g/mol. The van der Waals surface area contributed by atoms with Gasteiger partial charge in [-0.2, -0.15) is 5.10 Å². The first-order valence-corrected chi connectivity index (χ1v) is 9.57. The van der Waals surface area contributed by atoms with Gasteiger partial charge in [0.1, 0.15) is 11.3 Å². The number of carbonyl (C=O) groups excluding carboxylic acids is 1. The number of nitrogens with one attached hydrogen (secondary N) is 2. The van der Waals surface area contributed by atoms with Crippen molar-refractivity contribution in [1.82, 2.24) is 24.7 Å². The molecule has 142 valence electrons. The molecule has 0 aromatic carbocycles. The van der Waals surface area contributed by atoms with Crippen LogP contribution in [0.3, 0.4) is 0 Å². The molecule has 0 bridgehead atoms. The molecule has 0 saturated heterocycles. The topological polar surface area (TPSA) is 88.5 Å². The van der Waals surface area contributed by atoms with Crippen LogP contribution in [0.15, 0.2) is 12.1 Å². The predicted octanol–water partition coefficient (Wildman–Crippen LogP) is 3.74. The molecule has 1 amide bonds. The van der Waals surface area contributed by atoms with E-state index in [9.17, 15) is 4.79 Å². The summed E-state index contributed by atoms with van der Waals surface area (Å²) >= 11 is 0. The summed E-state index contributed by atoms with van der Waals surface area (Å²) in [6, 6.07) is 3.69. The van der Waals surface area contributed by atoms with Crippen LogP contribution in [-0.4, -0.2) is 30.6 Å². The molecule has 0 atom stereocenters. The number of anilines is 1. The van der Waals surface area contributed by atoms with Crippen molar-refractivity contribution in [2.45, 2.75) is 65.3 Å². The van der Waals surface area contributed by atoms with E-state index in [1.54, 1.807) is 0 Å². The zero-order valence-electron chi connectivity index (χ0n) is 16.4. The highest BCUT2D eigenvalue weighted by molar-refractivity contribution is 6.10. The Kier molecular flexibility index (Phi) is 4.25. The number of aryl methyl sites for hydroxylation is 3. The lowest BCUT2D eigenvalue weighted by Gasteiger charge is -2.14. The van der Waals surface area contributed by atoms with Crippen molar-refractivity contribution < 1.29 is 4.79 Å². The lowest BCUT2D eigenvalue weighted by Crippen LogP contribution is -2.14. The quantitative estimate of drug-likeness (QED) is 0.723. The molecule has 0 radical (unpaired) electrons. The van der Waals surface area contributed by atoms with Crippen molar-refractivity contribution in [1.29, 1.82) is 0 Å². The molecule has 0 unspecified atom stereocenters. The number of rotatable bonds is 2. The van der Waals surface area contributed by atoms with Crippen molar-refractivity contribution in [3.63, 3.8) is 0 Å². The second-order valence-corrected chi connectivity index (χ2v) is 8.34. The molecule has 3 aromatic heterocycles. The number of H-pyrrole nitrogens is 1. The maximum atomic E-state index is 13.0. The molecule has 3 aromatic rings. The van der Waals surface area contributed by atoms with Crippen LogP contribution >= 0.6 is 0 Å². The summed E-state index contributed by atoms with van der Waals surface area (Å²) in [5.74, 6) is 1.35. The number of carbonyl (C=O) groups is 1. The first-order valence-electron chi connectivity index (χ1n) is 9.57. The summed E-state index contributed by atoms with van der Waals surface area (Å²) < 4.78 is 2.18. The maximum Gasteiger partial charge on any atom is 0.259 e. The summed E-state index contributed by atoms with van der Waals surface area (Å²) in [5.41, 5.74) is 3.78. The second kappa shape index (κ2) is 6.48. The van der Waals surface area contributed by atoms with Gasteiger partial charge < -0.3 is 9.88 Å². The fourth-order valence-corrected chi connectivity index (χ4v) is 3.54. The summed E-state index contributed by atoms with van der Waals surface area (Å²) in [6.45, 7) is 9.12. The Labute approximate surface area is 158 Å². The van der Waals surface area contributed by atoms with Gasteiger partial charge in [-0.05, 0) is 25.8 Å². The van der Waals surface area contributed by atoms with E-state index in [1.165, 1.54) is 6.42 Å². The molecular formula is C20H26N6O. The summed E-state index contributed by atoms with van der Waals surface area (Å²) in [5, 5.41) is 10.1. The van der Waals surface area contributed by atoms with Crippen LogP contribution < -0.4 is 5.32 Å². The van der Waals surface area contributed by atoms with Crippen LogP contribution in [0, 0.1) is 6.92 Å². The van der Waals surface area contributed by atoms with Gasteiger partial charge in [0.15, 0.2) is 11.5 Å². The van der Waals surface area contributed by atoms with E-state index in [2.05, 4.69) is 45.8 Å². The summed E-state index contributed by atoms with van der Waals surface area (Å²) in [6.07, 6.45) is 4.40. The maximum absolute atomic E-state index is 13.0. The van der Waals surface area contributed by atoms with E-state index in [0.717, 1.165) is 48.7 Å². The smallest absolute Gasteiger partial charge is 0.259 e. The molecule has 0 saturated carbocycles. The third-order valence-corrected chi connectivity index (χ3v) is 5.06. The van der Waals surface area contributed by atoms with Crippen molar-refractivity contribution in [3.8, 4) is 0 Å². The minimum Gasteiger partial charge on any atom is -0.313 e. The van der Waals surface area contributed by atoms with Crippen LogP contribution in [0.5, 0.6) is 0 Å². The second-order valence-electron chi connectivity index (χ2n) is 8.34. The minimum atomic E-state index is -0.203. The normalized spacial score (nSPS) is 14.8. The molecule has 0 fully saturated rings. The van der Waals surface area contributed by atoms with Crippen LogP contribution in [0.1, 0.15) is 67.6 Å². The Hall–Kier alpha value is -2.70. The first-order chi connectivity index (χ1) is 12.8. The number of amides is 1. The van der Waals surface area contributed by atoms with E-state index in [1.807, 2.05) is 19.1 Å². The zero-order chi connectivity index (χ0) is 19.2. The van der Waals surface area contributed by atoms with E-state index < -0.39 is 0 Å². The van der Waals surface area contributed by atoms with Crippen LogP contribution in [0.4, 0.5) is 5.82 Å². The fraction of sp³-hybridized carbons (Fsp3) is 0.500. The molecule has 2 N–H and O–H groups in total. The van der Waals surface area contributed by atoms with Gasteiger partial charge in [-0.25, -0.2) is 9.97 Å². The first kappa shape index (κ1) is 17.7. The molecule has 27 heavy (non-hydrogen) atoms. The van der Waals surface area contributed by atoms with Gasteiger partial charge in [0.05, 0.1) is 5.56 Å². The lowest BCUT2D eigenvalue weighted by atomic mass is 9.92. The average Bonchev–Trinajstić information content (AvgIpc) is 3.12. The van der Waals surface area contributed by atoms with E-state index in [-0.39, 0.29) is 11.3 Å². The van der Waals surface area contributed by atoms with Crippen LogP contribution in [-0.2, 0) is 18.4 Å². The third kappa shape index (κ3) is 3.34. The Morgan fingerprint density at radius 3 is 2.74 bits per heavy atom. The molecule has 4 rings (SSSR count). The molecule has 0 aliphatic carbocycles. The number of hydrogen-bond donors (Lipinski definition) is 2. The van der Waals surface area contributed by atoms with Gasteiger partial charge in [-0.3, -0.25) is 9.89 Å². The Morgan fingerprint density at radius 2 is 2.00 bits per heavy atom. The molecule has 1 aliphatic rings. The van der Waals surface area contributed by atoms with Crippen molar-refractivity contribution in [2.24, 2.45) is 0 Å². The SMILES string of the molecule is Cc1cc(C(=O)Nc2cc(C(C)(C)C)[nH]n2)c2nc3n(c2n1)CCCCC3. The zero-order valence-corrected chi connectivity index (χ0v) is 16.4. The van der Waals surface area contributed by atoms with Gasteiger partial charge in [0.25, 0.3) is 5.91 Å². The Bertz CT molecular complexity index is 1010. The van der Waals surface area contributed by atoms with Crippen LogP contribution in [0.25, 0.3) is 11.2 Å². The standard InChI is InChI=1S/C20H26N6O/c1-12-10-13(19(27)22-15-11-14(24-25-15)20(2,3)4)17-18(21-12)26-9-7-5-6-8-16(26)23-17/h10-11H,5-9H2,1-4H3,(H2,22,24,25,27). The predicted molar refractivity (Wildman–Crippen MR) is 105 cm³/mol. The number of imidazole rings is 1. The van der Waals surface area contributed by atoms with Gasteiger partial charge in [-0.15, -0.1) is 0 Å². The molecular weight excluding hydrogens is 340 g/mol. The number of hydrogen-bond acceptors (Lipinski definition) is 4. The van der Waals surface area contributed by atoms with Gasteiger partial charge in [0.2, 0.25) is 0 Å². The summed E-state index contributed by atoms with van der Waals surface area (Å²) in [7, 11) is 0. The fourth-order valence-electron chi connectivity index (χ4n) is 3.54. The van der Waals surface area contributed by atoms with E-state index in [0.29, 0.717) is 16.9 Å². The number of aromatic nitrogens is 5. The highest BCUT2D eigenvalue weighted by Gasteiger charge is 2.22. The molecule has 0 spiro atoms. The molecule has 7 heteroatoms. The van der Waals surface area contributed by atoms with Gasteiger partial charge >= 0.3 is 0 Å².